The lowest BCUT2D eigenvalue weighted by Gasteiger charge is -2.33. The second kappa shape index (κ2) is 7.32. The summed E-state index contributed by atoms with van der Waals surface area (Å²) in [5.74, 6) is -0.00213. The Hall–Kier alpha value is -3.00. The number of rotatable bonds is 3. The zero-order chi connectivity index (χ0) is 19.6. The Morgan fingerprint density at radius 3 is 2.04 bits per heavy atom. The van der Waals surface area contributed by atoms with Crippen LogP contribution >= 0.6 is 0 Å². The highest BCUT2D eigenvalue weighted by Crippen LogP contribution is 2.22. The summed E-state index contributed by atoms with van der Waals surface area (Å²) in [5.41, 5.74) is 0.611. The zero-order valence-electron chi connectivity index (χ0n) is 15.0. The van der Waals surface area contributed by atoms with Gasteiger partial charge in [0.25, 0.3) is 0 Å². The number of amidine groups is 1. The van der Waals surface area contributed by atoms with Gasteiger partial charge in [-0.2, -0.15) is 0 Å². The van der Waals surface area contributed by atoms with E-state index in [0.29, 0.717) is 11.4 Å². The number of carbonyl (C=O) groups is 2. The van der Waals surface area contributed by atoms with Crippen molar-refractivity contribution in [1.29, 1.82) is 0 Å². The van der Waals surface area contributed by atoms with Crippen molar-refractivity contribution in [3.63, 3.8) is 0 Å². The molecule has 0 bridgehead atoms. The first kappa shape index (κ1) is 18.8. The fourth-order valence-electron chi connectivity index (χ4n) is 2.73. The third kappa shape index (κ3) is 3.75. The number of benzene rings is 2. The first-order valence-corrected chi connectivity index (χ1v) is 9.77. The molecule has 0 N–H and O–H groups in total. The quantitative estimate of drug-likeness (QED) is 0.807. The molecule has 1 aliphatic rings. The van der Waals surface area contributed by atoms with Gasteiger partial charge in [0.2, 0.25) is 21.7 Å². The van der Waals surface area contributed by atoms with Gasteiger partial charge in [0.05, 0.1) is 9.79 Å². The Balaban J connectivity index is 1.93. The summed E-state index contributed by atoms with van der Waals surface area (Å²) in [6.45, 7) is 3.08. The Kier molecular flexibility index (Phi) is 5.09. The average molecular weight is 385 g/mol. The van der Waals surface area contributed by atoms with Crippen LogP contribution in [0.25, 0.3) is 0 Å². The van der Waals surface area contributed by atoms with Crippen LogP contribution in [0.2, 0.25) is 0 Å². The van der Waals surface area contributed by atoms with Gasteiger partial charge < -0.3 is 4.90 Å². The zero-order valence-corrected chi connectivity index (χ0v) is 15.8. The van der Waals surface area contributed by atoms with E-state index in [-0.39, 0.29) is 34.9 Å². The van der Waals surface area contributed by atoms with Crippen LogP contribution in [0.1, 0.15) is 19.4 Å². The van der Waals surface area contributed by atoms with E-state index in [0.717, 1.165) is 0 Å². The summed E-state index contributed by atoms with van der Waals surface area (Å²) in [4.78, 5) is 31.1. The first-order chi connectivity index (χ1) is 12.8. The van der Waals surface area contributed by atoms with Crippen LogP contribution in [-0.4, -0.2) is 49.2 Å². The van der Waals surface area contributed by atoms with Crippen LogP contribution in [0, 0.1) is 0 Å². The van der Waals surface area contributed by atoms with Crippen LogP contribution in [-0.2, 0) is 19.4 Å². The Morgan fingerprint density at radius 1 is 0.889 bits per heavy atom. The van der Waals surface area contributed by atoms with Crippen LogP contribution in [0.5, 0.6) is 0 Å². The van der Waals surface area contributed by atoms with Gasteiger partial charge in [-0.3, -0.25) is 14.5 Å². The molecule has 1 heterocycles. The maximum atomic E-state index is 12.7. The largest absolute Gasteiger partial charge is 0.305 e. The molecular formula is C19H19N3O4S. The fraction of sp³-hybridized carbons (Fsp3) is 0.211. The van der Waals surface area contributed by atoms with Crippen LogP contribution in [0.3, 0.4) is 0 Å². The summed E-state index contributed by atoms with van der Waals surface area (Å²) < 4.78 is 25.3. The van der Waals surface area contributed by atoms with Crippen LogP contribution < -0.4 is 0 Å². The van der Waals surface area contributed by atoms with Gasteiger partial charge in [0.1, 0.15) is 19.2 Å². The molecule has 2 aromatic carbocycles. The number of amides is 2. The minimum atomic E-state index is -3.61. The van der Waals surface area contributed by atoms with Gasteiger partial charge in [-0.25, -0.2) is 13.4 Å². The smallest absolute Gasteiger partial charge is 0.226 e. The van der Waals surface area contributed by atoms with Gasteiger partial charge in [-0.1, -0.05) is 18.2 Å². The molecule has 0 aliphatic carbocycles. The van der Waals surface area contributed by atoms with E-state index >= 15 is 0 Å². The van der Waals surface area contributed by atoms with Crippen molar-refractivity contribution in [1.82, 2.24) is 9.80 Å². The number of carbonyl (C=O) groups excluding carboxylic acids is 2. The molecule has 8 heteroatoms. The molecule has 1 aliphatic heterocycles. The standard InChI is InChI=1S/C19H19N3O4S/c1-14(23)21-12-20-19(22(13-21)15(2)24)16-8-10-18(11-9-16)27(25,26)17-6-4-3-5-7-17/h3-11H,12-13H2,1-2H3. The Morgan fingerprint density at radius 2 is 1.48 bits per heavy atom. The predicted octanol–water partition coefficient (Wildman–Crippen LogP) is 1.89. The topological polar surface area (TPSA) is 87.1 Å². The lowest BCUT2D eigenvalue weighted by atomic mass is 10.2. The number of hydrogen-bond acceptors (Lipinski definition) is 5. The van der Waals surface area contributed by atoms with E-state index < -0.39 is 9.84 Å². The molecular weight excluding hydrogens is 366 g/mol. The third-order valence-electron chi connectivity index (χ3n) is 4.26. The third-order valence-corrected chi connectivity index (χ3v) is 6.05. The number of hydrogen-bond donors (Lipinski definition) is 0. The first-order valence-electron chi connectivity index (χ1n) is 8.29. The molecule has 0 unspecified atom stereocenters. The van der Waals surface area contributed by atoms with Crippen molar-refractivity contribution in [2.24, 2.45) is 4.99 Å². The second-order valence-corrected chi connectivity index (χ2v) is 8.06. The van der Waals surface area contributed by atoms with Crippen molar-refractivity contribution in [3.8, 4) is 0 Å². The summed E-state index contributed by atoms with van der Waals surface area (Å²) >= 11 is 0. The normalized spacial score (nSPS) is 14.7. The molecule has 0 atom stereocenters. The van der Waals surface area contributed by atoms with Gasteiger partial charge >= 0.3 is 0 Å². The van der Waals surface area contributed by atoms with Crippen molar-refractivity contribution in [3.05, 3.63) is 60.2 Å². The lowest BCUT2D eigenvalue weighted by Crippen LogP contribution is -2.50. The molecule has 140 valence electrons. The van der Waals surface area contributed by atoms with Crippen molar-refractivity contribution >= 4 is 27.5 Å². The van der Waals surface area contributed by atoms with Crippen molar-refractivity contribution in [2.75, 3.05) is 13.3 Å². The molecule has 0 radical (unpaired) electrons. The SMILES string of the molecule is CC(=O)N1CN=C(c2ccc(S(=O)(=O)c3ccccc3)cc2)N(C(C)=O)C1. The Labute approximate surface area is 157 Å². The van der Waals surface area contributed by atoms with Crippen molar-refractivity contribution < 1.29 is 18.0 Å². The summed E-state index contributed by atoms with van der Waals surface area (Å²) in [6, 6.07) is 14.4. The number of aliphatic imine (C=N–C) groups is 1. The molecule has 0 spiro atoms. The fourth-order valence-corrected chi connectivity index (χ4v) is 4.02. The van der Waals surface area contributed by atoms with E-state index in [1.165, 1.54) is 35.8 Å². The molecule has 0 fully saturated rings. The number of nitrogens with zero attached hydrogens (tertiary/aromatic N) is 3. The predicted molar refractivity (Wildman–Crippen MR) is 99.6 cm³/mol. The highest BCUT2D eigenvalue weighted by atomic mass is 32.2. The molecule has 2 amide bonds. The molecule has 0 saturated carbocycles. The van der Waals surface area contributed by atoms with E-state index in [9.17, 15) is 18.0 Å². The maximum Gasteiger partial charge on any atom is 0.226 e. The molecule has 2 aromatic rings. The molecule has 7 nitrogen and oxygen atoms in total. The van der Waals surface area contributed by atoms with Crippen LogP contribution in [0.15, 0.2) is 69.4 Å². The van der Waals surface area contributed by atoms with Crippen molar-refractivity contribution in [2.45, 2.75) is 23.6 Å². The van der Waals surface area contributed by atoms with E-state index in [2.05, 4.69) is 4.99 Å². The average Bonchev–Trinajstić information content (AvgIpc) is 2.68. The van der Waals surface area contributed by atoms with Gasteiger partial charge in [-0.15, -0.1) is 0 Å². The minimum Gasteiger partial charge on any atom is -0.305 e. The maximum absolute atomic E-state index is 12.7. The van der Waals surface area contributed by atoms with E-state index in [4.69, 9.17) is 0 Å². The number of sulfone groups is 1. The molecule has 0 saturated heterocycles. The summed E-state index contributed by atoms with van der Waals surface area (Å²) in [7, 11) is -3.61. The van der Waals surface area contributed by atoms with E-state index in [1.54, 1.807) is 42.5 Å². The molecule has 0 aromatic heterocycles. The minimum absolute atomic E-state index is 0.119. The highest BCUT2D eigenvalue weighted by Gasteiger charge is 2.26. The lowest BCUT2D eigenvalue weighted by molar-refractivity contribution is -0.134. The second-order valence-electron chi connectivity index (χ2n) is 6.11. The van der Waals surface area contributed by atoms with Gasteiger partial charge in [0.15, 0.2) is 0 Å². The highest BCUT2D eigenvalue weighted by molar-refractivity contribution is 7.91. The van der Waals surface area contributed by atoms with Gasteiger partial charge in [0, 0.05) is 19.4 Å². The van der Waals surface area contributed by atoms with Gasteiger partial charge in [-0.05, 0) is 36.4 Å². The summed E-state index contributed by atoms with van der Waals surface area (Å²) in [5, 5.41) is 0. The molecule has 27 heavy (non-hydrogen) atoms. The van der Waals surface area contributed by atoms with Crippen LogP contribution in [0.4, 0.5) is 0 Å². The van der Waals surface area contributed by atoms with E-state index in [1.807, 2.05) is 0 Å². The Bertz CT molecular complexity index is 999. The summed E-state index contributed by atoms with van der Waals surface area (Å²) in [6.07, 6.45) is 0. The monoisotopic (exact) mass is 385 g/mol. The molecule has 3 rings (SSSR count).